The van der Waals surface area contributed by atoms with E-state index in [-0.39, 0.29) is 22.2 Å². The maximum Gasteiger partial charge on any atom is 0.417 e. The molecule has 0 aromatic heterocycles. The van der Waals surface area contributed by atoms with Crippen molar-refractivity contribution >= 4 is 45.8 Å². The van der Waals surface area contributed by atoms with Gasteiger partial charge in [-0.2, -0.15) is 36.9 Å². The highest BCUT2D eigenvalue weighted by Gasteiger charge is 2.36. The Morgan fingerprint density at radius 1 is 0.800 bits per heavy atom. The smallest absolute Gasteiger partial charge is 0.380 e. The quantitative estimate of drug-likeness (QED) is 0.183. The number of nitrogens with one attached hydrogen (secondary N) is 2. The highest BCUT2D eigenvalue weighted by Crippen LogP contribution is 2.35. The molecule has 0 aliphatic rings. The molecule has 0 heterocycles. The predicted octanol–water partition coefficient (Wildman–Crippen LogP) is 5.38. The molecule has 2 rings (SSSR count). The van der Waals surface area contributed by atoms with Crippen LogP contribution in [0.25, 0.3) is 0 Å². The van der Waals surface area contributed by atoms with Crippen molar-refractivity contribution in [2.45, 2.75) is 50.7 Å². The van der Waals surface area contributed by atoms with Crippen LogP contribution in [0.3, 0.4) is 0 Å². The third-order valence-corrected chi connectivity index (χ3v) is 6.82. The molecule has 216 valence electrons. The summed E-state index contributed by atoms with van der Waals surface area (Å²) >= 11 is 1.79. The number of halogens is 7. The highest BCUT2D eigenvalue weighted by molar-refractivity contribution is 14.1. The molecule has 0 aliphatic heterocycles. The first-order chi connectivity index (χ1) is 18.2. The van der Waals surface area contributed by atoms with E-state index < -0.39 is 57.6 Å². The third-order valence-electron chi connectivity index (χ3n) is 5.33. The number of hydrogen-bond donors (Lipinski definition) is 4. The van der Waals surface area contributed by atoms with Crippen molar-refractivity contribution in [3.63, 3.8) is 0 Å². The molecule has 0 radical (unpaired) electrons. The van der Waals surface area contributed by atoms with Crippen LogP contribution in [0.2, 0.25) is 0 Å². The van der Waals surface area contributed by atoms with Gasteiger partial charge in [0.05, 0.1) is 34.4 Å². The SMILES string of the molecule is CC(O)(CI)C(=O)Nc1ccc(C#N)c(C(F)(F)F)c1.CCC(C)(O)C(=O)Nc1ccc(C#N)c(C(F)(F)F)c1. The number of alkyl halides is 7. The van der Waals surface area contributed by atoms with Gasteiger partial charge in [0.2, 0.25) is 0 Å². The summed E-state index contributed by atoms with van der Waals surface area (Å²) in [4.78, 5) is 23.3. The van der Waals surface area contributed by atoms with Crippen molar-refractivity contribution in [3.05, 3.63) is 58.7 Å². The summed E-state index contributed by atoms with van der Waals surface area (Å²) in [5.41, 5.74) is -6.95. The average Bonchev–Trinajstić information content (AvgIpc) is 2.87. The average molecular weight is 684 g/mol. The van der Waals surface area contributed by atoms with Gasteiger partial charge in [0.1, 0.15) is 11.2 Å². The van der Waals surface area contributed by atoms with Crippen LogP contribution in [0, 0.1) is 22.7 Å². The van der Waals surface area contributed by atoms with Gasteiger partial charge < -0.3 is 20.8 Å². The summed E-state index contributed by atoms with van der Waals surface area (Å²) < 4.78 is 76.5. The Hall–Kier alpha value is -3.41. The van der Waals surface area contributed by atoms with E-state index in [1.54, 1.807) is 29.5 Å². The first-order valence-corrected chi connectivity index (χ1v) is 12.6. The Balaban J connectivity index is 0.000000400. The van der Waals surface area contributed by atoms with E-state index in [9.17, 15) is 46.1 Å². The molecule has 0 fully saturated rings. The Kier molecular flexibility index (Phi) is 11.5. The number of amides is 2. The van der Waals surface area contributed by atoms with Crippen molar-refractivity contribution in [1.82, 2.24) is 0 Å². The van der Waals surface area contributed by atoms with Crippen LogP contribution < -0.4 is 10.6 Å². The van der Waals surface area contributed by atoms with Crippen LogP contribution in [0.15, 0.2) is 36.4 Å². The van der Waals surface area contributed by atoms with E-state index >= 15 is 0 Å². The van der Waals surface area contributed by atoms with Gasteiger partial charge in [-0.05, 0) is 56.7 Å². The first kappa shape index (κ1) is 34.6. The number of carbonyl (C=O) groups is 2. The molecule has 2 unspecified atom stereocenters. The Morgan fingerprint density at radius 3 is 1.43 bits per heavy atom. The molecule has 2 atom stereocenters. The van der Waals surface area contributed by atoms with E-state index in [1.165, 1.54) is 38.1 Å². The van der Waals surface area contributed by atoms with Gasteiger partial charge in [0.15, 0.2) is 0 Å². The largest absolute Gasteiger partial charge is 0.417 e. The standard InChI is InChI=1S/C13H13F3N2O2.C12H10F3IN2O2/c1-3-12(2,20)11(19)18-9-5-4-8(7-17)10(6-9)13(14,15)16;1-11(20,6-16)10(19)18-8-3-2-7(5-17)9(4-8)12(13,14)15/h4-6,20H,3H2,1-2H3,(H,18,19);2-4,20H,6H2,1H3,(H,18,19). The zero-order valence-corrected chi connectivity index (χ0v) is 23.3. The van der Waals surface area contributed by atoms with E-state index in [4.69, 9.17) is 10.5 Å². The molecule has 40 heavy (non-hydrogen) atoms. The molecule has 4 N–H and O–H groups in total. The van der Waals surface area contributed by atoms with Crippen molar-refractivity contribution in [2.75, 3.05) is 15.1 Å². The number of carbonyl (C=O) groups excluding carboxylic acids is 2. The lowest BCUT2D eigenvalue weighted by atomic mass is 10.0. The Bertz CT molecular complexity index is 1230. The second-order valence-electron chi connectivity index (χ2n) is 8.68. The monoisotopic (exact) mass is 684 g/mol. The molecule has 0 saturated carbocycles. The van der Waals surface area contributed by atoms with Gasteiger partial charge in [-0.25, -0.2) is 0 Å². The number of anilines is 2. The minimum absolute atomic E-state index is 0.0823. The summed E-state index contributed by atoms with van der Waals surface area (Å²) in [7, 11) is 0. The molecule has 2 aromatic rings. The zero-order valence-electron chi connectivity index (χ0n) is 21.1. The predicted molar refractivity (Wildman–Crippen MR) is 140 cm³/mol. The van der Waals surface area contributed by atoms with Gasteiger partial charge in [-0.15, -0.1) is 0 Å². The lowest BCUT2D eigenvalue weighted by Gasteiger charge is -2.20. The molecule has 2 aromatic carbocycles. The molecule has 2 amide bonds. The molecular weight excluding hydrogens is 661 g/mol. The van der Waals surface area contributed by atoms with Crippen LogP contribution in [0.1, 0.15) is 49.4 Å². The van der Waals surface area contributed by atoms with Gasteiger partial charge in [-0.3, -0.25) is 9.59 Å². The highest BCUT2D eigenvalue weighted by atomic mass is 127. The molecule has 15 heteroatoms. The fraction of sp³-hybridized carbons (Fsp3) is 0.360. The fourth-order valence-electron chi connectivity index (χ4n) is 2.66. The molecule has 0 spiro atoms. The number of nitrogens with zero attached hydrogens (tertiary/aromatic N) is 2. The maximum atomic E-state index is 12.7. The molecule has 0 saturated heterocycles. The second-order valence-corrected chi connectivity index (χ2v) is 9.45. The van der Waals surface area contributed by atoms with Crippen molar-refractivity contribution < 1.29 is 46.1 Å². The normalized spacial score (nSPS) is 14.2. The number of benzene rings is 2. The van der Waals surface area contributed by atoms with Crippen LogP contribution in [0.4, 0.5) is 37.7 Å². The van der Waals surface area contributed by atoms with E-state index in [0.29, 0.717) is 12.1 Å². The van der Waals surface area contributed by atoms with E-state index in [1.807, 2.05) is 0 Å². The topological polar surface area (TPSA) is 146 Å². The van der Waals surface area contributed by atoms with Crippen LogP contribution in [-0.2, 0) is 21.9 Å². The lowest BCUT2D eigenvalue weighted by Crippen LogP contribution is -2.41. The minimum Gasteiger partial charge on any atom is -0.380 e. The first-order valence-electron chi connectivity index (χ1n) is 11.1. The van der Waals surface area contributed by atoms with E-state index in [2.05, 4.69) is 10.6 Å². The summed E-state index contributed by atoms with van der Waals surface area (Å²) in [5, 5.41) is 41.1. The van der Waals surface area contributed by atoms with Gasteiger partial charge in [0.25, 0.3) is 11.8 Å². The summed E-state index contributed by atoms with van der Waals surface area (Å²) in [6.45, 7) is 4.08. The molecule has 8 nitrogen and oxygen atoms in total. The van der Waals surface area contributed by atoms with Crippen LogP contribution in [0.5, 0.6) is 0 Å². The van der Waals surface area contributed by atoms with Crippen molar-refractivity contribution in [3.8, 4) is 12.1 Å². The number of aliphatic hydroxyl groups is 2. The summed E-state index contributed by atoms with van der Waals surface area (Å²) in [6, 6.07) is 8.51. The minimum atomic E-state index is -4.70. The summed E-state index contributed by atoms with van der Waals surface area (Å²) in [5.74, 6) is -1.62. The van der Waals surface area contributed by atoms with Crippen molar-refractivity contribution in [2.24, 2.45) is 0 Å². The molecule has 0 bridgehead atoms. The fourth-order valence-corrected chi connectivity index (χ4v) is 3.01. The molecule has 0 aliphatic carbocycles. The van der Waals surface area contributed by atoms with Gasteiger partial charge in [0, 0.05) is 15.8 Å². The van der Waals surface area contributed by atoms with Gasteiger partial charge in [-0.1, -0.05) is 29.5 Å². The second kappa shape index (κ2) is 13.3. The Labute approximate surface area is 238 Å². The zero-order chi connectivity index (χ0) is 31.1. The number of hydrogen-bond acceptors (Lipinski definition) is 6. The van der Waals surface area contributed by atoms with Crippen molar-refractivity contribution in [1.29, 1.82) is 10.5 Å². The maximum absolute atomic E-state index is 12.7. The van der Waals surface area contributed by atoms with Gasteiger partial charge >= 0.3 is 12.4 Å². The molecular formula is C25H23F6IN4O4. The Morgan fingerprint density at radius 2 is 1.15 bits per heavy atom. The lowest BCUT2D eigenvalue weighted by molar-refractivity contribution is -0.138. The number of rotatable bonds is 6. The van der Waals surface area contributed by atoms with Crippen LogP contribution in [-0.4, -0.2) is 37.7 Å². The third kappa shape index (κ3) is 9.35. The van der Waals surface area contributed by atoms with Crippen LogP contribution >= 0.6 is 22.6 Å². The number of nitriles is 2. The summed E-state index contributed by atoms with van der Waals surface area (Å²) in [6.07, 6.45) is -9.28. The van der Waals surface area contributed by atoms with E-state index in [0.717, 1.165) is 12.1 Å².